The summed E-state index contributed by atoms with van der Waals surface area (Å²) >= 11 is 0. The fourth-order valence-corrected chi connectivity index (χ4v) is 4.79. The van der Waals surface area contributed by atoms with Crippen molar-refractivity contribution in [2.45, 2.75) is 11.3 Å². The van der Waals surface area contributed by atoms with E-state index < -0.39 is 16.0 Å². The number of methoxy groups -OCH3 is 1. The molecular weight excluding hydrogens is 534 g/mol. The molecule has 5 N–H and O–H groups in total. The number of sulfonamides is 1. The van der Waals surface area contributed by atoms with Crippen molar-refractivity contribution in [3.05, 3.63) is 113 Å². The Morgan fingerprint density at radius 3 is 2.25 bits per heavy atom. The van der Waals surface area contributed by atoms with Crippen LogP contribution in [0.25, 0.3) is 11.1 Å². The molecule has 0 saturated heterocycles. The van der Waals surface area contributed by atoms with E-state index in [4.69, 9.17) is 25.6 Å². The van der Waals surface area contributed by atoms with Crippen LogP contribution in [0.15, 0.2) is 101 Å². The summed E-state index contributed by atoms with van der Waals surface area (Å²) in [4.78, 5) is 25.4. The molecule has 0 aromatic heterocycles. The van der Waals surface area contributed by atoms with Crippen LogP contribution < -0.4 is 15.6 Å². The van der Waals surface area contributed by atoms with E-state index in [1.807, 2.05) is 0 Å². The molecule has 0 saturated carbocycles. The summed E-state index contributed by atoms with van der Waals surface area (Å²) in [6.45, 7) is 0. The number of nitrogens with zero attached hydrogens (tertiary/aromatic N) is 1. The Morgan fingerprint density at radius 1 is 0.875 bits per heavy atom. The van der Waals surface area contributed by atoms with Crippen molar-refractivity contribution >= 4 is 27.6 Å². The Hall–Kier alpha value is -5.00. The summed E-state index contributed by atoms with van der Waals surface area (Å²) in [5, 5.41) is 17.3. The number of Topliss-reactive ketones (excluding diaryl/α,β-unsaturated/α-hetero) is 1. The number of hydrogen-bond acceptors (Lipinski definition) is 8. The number of primary sulfonamides is 1. The summed E-state index contributed by atoms with van der Waals surface area (Å²) in [7, 11) is -2.69. The smallest absolute Gasteiger partial charge is 0.337 e. The lowest BCUT2D eigenvalue weighted by Gasteiger charge is -2.13. The Morgan fingerprint density at radius 2 is 1.57 bits per heavy atom. The largest absolute Gasteiger partial charge is 0.465 e. The fourth-order valence-electron chi connectivity index (χ4n) is 4.03. The van der Waals surface area contributed by atoms with Gasteiger partial charge in [0.1, 0.15) is 11.5 Å². The molecule has 204 valence electrons. The van der Waals surface area contributed by atoms with Gasteiger partial charge in [-0.05, 0) is 42.0 Å². The van der Waals surface area contributed by atoms with Gasteiger partial charge in [-0.1, -0.05) is 59.8 Å². The zero-order valence-electron chi connectivity index (χ0n) is 21.3. The molecule has 0 aliphatic heterocycles. The predicted octanol–water partition coefficient (Wildman–Crippen LogP) is 4.10. The quantitative estimate of drug-likeness (QED) is 0.0687. The fraction of sp³-hybridized carbons (Fsp3) is 0.0690. The van der Waals surface area contributed by atoms with Gasteiger partial charge in [-0.15, -0.1) is 0 Å². The number of rotatable bonds is 9. The molecule has 40 heavy (non-hydrogen) atoms. The Bertz CT molecular complexity index is 1720. The van der Waals surface area contributed by atoms with Crippen molar-refractivity contribution in [3.63, 3.8) is 0 Å². The van der Waals surface area contributed by atoms with Crippen LogP contribution in [0.5, 0.6) is 11.5 Å². The summed E-state index contributed by atoms with van der Waals surface area (Å²) in [5.41, 5.74) is 8.11. The molecule has 0 unspecified atom stereocenters. The number of ketones is 1. The highest BCUT2D eigenvalue weighted by atomic mass is 32.2. The lowest BCUT2D eigenvalue weighted by atomic mass is 9.98. The number of amidine groups is 1. The number of carbonyl (C=O) groups is 2. The van der Waals surface area contributed by atoms with Gasteiger partial charge >= 0.3 is 5.97 Å². The van der Waals surface area contributed by atoms with Crippen LogP contribution in [0.2, 0.25) is 0 Å². The monoisotopic (exact) mass is 559 g/mol. The summed E-state index contributed by atoms with van der Waals surface area (Å²) in [6, 6.07) is 23.9. The van der Waals surface area contributed by atoms with Crippen molar-refractivity contribution in [3.8, 4) is 22.6 Å². The van der Waals surface area contributed by atoms with Gasteiger partial charge in [-0.2, -0.15) is 0 Å². The molecule has 0 heterocycles. The third-order valence-electron chi connectivity index (χ3n) is 6.01. The normalized spacial score (nSPS) is 11.6. The number of nitrogens with two attached hydrogens (primary N) is 2. The molecular formula is C29H25N3O7S. The molecule has 0 aliphatic rings. The van der Waals surface area contributed by atoms with E-state index >= 15 is 0 Å². The third kappa shape index (κ3) is 6.34. The van der Waals surface area contributed by atoms with E-state index in [-0.39, 0.29) is 28.5 Å². The van der Waals surface area contributed by atoms with Gasteiger partial charge in [-0.25, -0.2) is 18.4 Å². The second-order valence-corrected chi connectivity index (χ2v) is 10.2. The van der Waals surface area contributed by atoms with E-state index in [0.29, 0.717) is 39.3 Å². The second kappa shape index (κ2) is 11.8. The standard InChI is InChI=1S/C29H25N3O7S/c1-38-29(34)21-13-14-26(39-23-6-4-5-20(16-23)28(30)32-35)22(15-21)17-25(33)19-11-9-18(10-12-19)24-7-2-3-8-27(24)40(31,36)37/h2-16,35H,17H2,1H3,(H2,30,32)(H2,31,36,37). The maximum absolute atomic E-state index is 13.3. The predicted molar refractivity (Wildman–Crippen MR) is 148 cm³/mol. The first-order valence-corrected chi connectivity index (χ1v) is 13.4. The van der Waals surface area contributed by atoms with Crippen LogP contribution in [0.4, 0.5) is 0 Å². The minimum Gasteiger partial charge on any atom is -0.465 e. The molecule has 0 amide bonds. The lowest BCUT2D eigenvalue weighted by molar-refractivity contribution is 0.0600. The van der Waals surface area contributed by atoms with Crippen molar-refractivity contribution < 1.29 is 32.7 Å². The van der Waals surface area contributed by atoms with Gasteiger partial charge in [0.2, 0.25) is 10.0 Å². The van der Waals surface area contributed by atoms with Crippen molar-refractivity contribution in [2.24, 2.45) is 16.0 Å². The molecule has 0 spiro atoms. The number of hydrogen-bond donors (Lipinski definition) is 3. The Balaban J connectivity index is 1.64. The lowest BCUT2D eigenvalue weighted by Crippen LogP contribution is -2.13. The second-order valence-electron chi connectivity index (χ2n) is 8.65. The summed E-state index contributed by atoms with van der Waals surface area (Å²) in [5.74, 6) is -0.273. The van der Waals surface area contributed by atoms with Gasteiger partial charge in [0, 0.05) is 28.7 Å². The zero-order chi connectivity index (χ0) is 28.9. The summed E-state index contributed by atoms with van der Waals surface area (Å²) in [6.07, 6.45) is -0.118. The van der Waals surface area contributed by atoms with Crippen LogP contribution >= 0.6 is 0 Å². The average molecular weight is 560 g/mol. The van der Waals surface area contributed by atoms with Crippen LogP contribution in [0.3, 0.4) is 0 Å². The first kappa shape index (κ1) is 28.0. The molecule has 10 nitrogen and oxygen atoms in total. The van der Waals surface area contributed by atoms with Gasteiger partial charge in [0.15, 0.2) is 11.6 Å². The highest BCUT2D eigenvalue weighted by molar-refractivity contribution is 7.89. The summed E-state index contributed by atoms with van der Waals surface area (Å²) < 4.78 is 34.8. The Kier molecular flexibility index (Phi) is 8.27. The topological polar surface area (TPSA) is 171 Å². The Labute approximate surface area is 230 Å². The number of esters is 1. The highest BCUT2D eigenvalue weighted by Gasteiger charge is 2.18. The molecule has 11 heteroatoms. The first-order chi connectivity index (χ1) is 19.1. The van der Waals surface area contributed by atoms with Crippen LogP contribution in [-0.2, 0) is 21.2 Å². The molecule has 0 bridgehead atoms. The zero-order valence-corrected chi connectivity index (χ0v) is 22.1. The van der Waals surface area contributed by atoms with Crippen LogP contribution in [0, 0.1) is 0 Å². The average Bonchev–Trinajstić information content (AvgIpc) is 2.97. The van der Waals surface area contributed by atoms with Gasteiger partial charge < -0.3 is 20.4 Å². The van der Waals surface area contributed by atoms with Crippen molar-refractivity contribution in [1.82, 2.24) is 0 Å². The van der Waals surface area contributed by atoms with Gasteiger partial charge in [-0.3, -0.25) is 4.79 Å². The first-order valence-electron chi connectivity index (χ1n) is 11.8. The third-order valence-corrected chi connectivity index (χ3v) is 6.98. The minimum absolute atomic E-state index is 0.0217. The van der Waals surface area contributed by atoms with E-state index in [2.05, 4.69) is 5.16 Å². The molecule has 0 radical (unpaired) electrons. The van der Waals surface area contributed by atoms with Crippen LogP contribution in [-0.4, -0.2) is 38.3 Å². The highest BCUT2D eigenvalue weighted by Crippen LogP contribution is 2.30. The van der Waals surface area contributed by atoms with E-state index in [1.54, 1.807) is 72.8 Å². The molecule has 0 aliphatic carbocycles. The van der Waals surface area contributed by atoms with Crippen molar-refractivity contribution in [1.29, 1.82) is 0 Å². The maximum atomic E-state index is 13.3. The van der Waals surface area contributed by atoms with Gasteiger partial charge in [0.05, 0.1) is 17.6 Å². The molecule has 4 rings (SSSR count). The van der Waals surface area contributed by atoms with E-state index in [0.717, 1.165) is 0 Å². The van der Waals surface area contributed by atoms with Gasteiger partial charge in [0.25, 0.3) is 0 Å². The maximum Gasteiger partial charge on any atom is 0.337 e. The molecule has 4 aromatic rings. The number of benzene rings is 4. The van der Waals surface area contributed by atoms with Crippen molar-refractivity contribution in [2.75, 3.05) is 7.11 Å². The molecule has 0 fully saturated rings. The number of oxime groups is 1. The van der Waals surface area contributed by atoms with E-state index in [1.165, 1.54) is 25.3 Å². The number of carbonyl (C=O) groups excluding carboxylic acids is 2. The van der Waals surface area contributed by atoms with E-state index in [9.17, 15) is 18.0 Å². The molecule has 0 atom stereocenters. The van der Waals surface area contributed by atoms with Crippen LogP contribution in [0.1, 0.15) is 31.8 Å². The molecule has 4 aromatic carbocycles. The minimum atomic E-state index is -3.95. The number of ether oxygens (including phenoxy) is 2. The SMILES string of the molecule is COC(=O)c1ccc(Oc2cccc(C(N)=NO)c2)c(CC(=O)c2ccc(-c3ccccc3S(N)(=O)=O)cc2)c1.